The summed E-state index contributed by atoms with van der Waals surface area (Å²) in [4.78, 5) is 12.1. The molecule has 1 N–H and O–H groups in total. The third kappa shape index (κ3) is 6.21. The SMILES string of the molecule is CCN1CCC(CCNC(=NC)N2CCC(N3CCOCC3)C2)CC1.I. The zero-order valence-electron chi connectivity index (χ0n) is 16.7. The molecule has 3 rings (SSSR count). The predicted octanol–water partition coefficient (Wildman–Crippen LogP) is 1.71. The number of likely N-dealkylation sites (tertiary alicyclic amines) is 2. The molecule has 0 aromatic rings. The summed E-state index contributed by atoms with van der Waals surface area (Å²) in [7, 11) is 1.92. The minimum absolute atomic E-state index is 0. The van der Waals surface area contributed by atoms with E-state index >= 15 is 0 Å². The number of guanidine groups is 1. The van der Waals surface area contributed by atoms with Crippen LogP contribution in [0.5, 0.6) is 0 Å². The molecule has 0 aromatic heterocycles. The van der Waals surface area contributed by atoms with Gasteiger partial charge >= 0.3 is 0 Å². The van der Waals surface area contributed by atoms with E-state index in [0.717, 1.165) is 57.8 Å². The fourth-order valence-electron chi connectivity index (χ4n) is 4.49. The van der Waals surface area contributed by atoms with Gasteiger partial charge in [0.1, 0.15) is 0 Å². The quantitative estimate of drug-likeness (QED) is 0.370. The highest BCUT2D eigenvalue weighted by Gasteiger charge is 2.30. The van der Waals surface area contributed by atoms with Crippen LogP contribution in [0.3, 0.4) is 0 Å². The Hall–Kier alpha value is -0.120. The highest BCUT2D eigenvalue weighted by molar-refractivity contribution is 14.0. The molecule has 1 unspecified atom stereocenters. The molecule has 0 amide bonds. The van der Waals surface area contributed by atoms with E-state index in [1.54, 1.807) is 0 Å². The van der Waals surface area contributed by atoms with Gasteiger partial charge in [0.15, 0.2) is 5.96 Å². The van der Waals surface area contributed by atoms with E-state index in [-0.39, 0.29) is 24.0 Å². The molecule has 7 heteroatoms. The van der Waals surface area contributed by atoms with Crippen LogP contribution in [0.15, 0.2) is 4.99 Å². The molecule has 0 saturated carbocycles. The first kappa shape index (κ1) is 22.2. The van der Waals surface area contributed by atoms with Crippen LogP contribution in [0.1, 0.15) is 32.6 Å². The lowest BCUT2D eigenvalue weighted by molar-refractivity contribution is 0.0195. The number of nitrogens with zero attached hydrogens (tertiary/aromatic N) is 4. The Morgan fingerprint density at radius 3 is 2.46 bits per heavy atom. The van der Waals surface area contributed by atoms with Crippen molar-refractivity contribution in [1.29, 1.82) is 0 Å². The van der Waals surface area contributed by atoms with Crippen LogP contribution in [0, 0.1) is 5.92 Å². The van der Waals surface area contributed by atoms with Gasteiger partial charge in [-0.3, -0.25) is 9.89 Å². The van der Waals surface area contributed by atoms with Crippen molar-refractivity contribution in [2.75, 3.05) is 72.6 Å². The summed E-state index contributed by atoms with van der Waals surface area (Å²) in [5, 5.41) is 3.63. The fraction of sp³-hybridized carbons (Fsp3) is 0.947. The highest BCUT2D eigenvalue weighted by atomic mass is 127. The lowest BCUT2D eigenvalue weighted by atomic mass is 9.93. The van der Waals surface area contributed by atoms with Crippen LogP contribution in [0.4, 0.5) is 0 Å². The highest BCUT2D eigenvalue weighted by Crippen LogP contribution is 2.20. The molecule has 6 nitrogen and oxygen atoms in total. The normalized spacial score (nSPS) is 26.8. The van der Waals surface area contributed by atoms with Gasteiger partial charge < -0.3 is 19.9 Å². The first-order valence-electron chi connectivity index (χ1n) is 10.3. The number of rotatable bonds is 5. The molecule has 0 aliphatic carbocycles. The van der Waals surface area contributed by atoms with Crippen molar-refractivity contribution in [1.82, 2.24) is 20.0 Å². The van der Waals surface area contributed by atoms with Crippen molar-refractivity contribution in [2.24, 2.45) is 10.9 Å². The van der Waals surface area contributed by atoms with Crippen LogP contribution >= 0.6 is 24.0 Å². The number of morpholine rings is 1. The predicted molar refractivity (Wildman–Crippen MR) is 119 cm³/mol. The lowest BCUT2D eigenvalue weighted by Gasteiger charge is -2.32. The summed E-state index contributed by atoms with van der Waals surface area (Å²) in [6.07, 6.45) is 5.24. The van der Waals surface area contributed by atoms with Crippen LogP contribution in [0.25, 0.3) is 0 Å². The van der Waals surface area contributed by atoms with Gasteiger partial charge in [-0.2, -0.15) is 0 Å². The second kappa shape index (κ2) is 11.7. The van der Waals surface area contributed by atoms with Gasteiger partial charge in [-0.05, 0) is 51.2 Å². The first-order valence-corrected chi connectivity index (χ1v) is 10.3. The Kier molecular flexibility index (Phi) is 9.94. The van der Waals surface area contributed by atoms with Gasteiger partial charge in [0.05, 0.1) is 13.2 Å². The number of nitrogens with one attached hydrogen (secondary N) is 1. The molecule has 152 valence electrons. The molecule has 0 radical (unpaired) electrons. The van der Waals surface area contributed by atoms with E-state index in [4.69, 9.17) is 4.74 Å². The zero-order valence-corrected chi connectivity index (χ0v) is 19.0. The summed E-state index contributed by atoms with van der Waals surface area (Å²) in [5.41, 5.74) is 0. The Balaban J connectivity index is 0.00000243. The second-order valence-corrected chi connectivity index (χ2v) is 7.68. The van der Waals surface area contributed by atoms with Crippen molar-refractivity contribution in [3.63, 3.8) is 0 Å². The van der Waals surface area contributed by atoms with E-state index in [1.165, 1.54) is 45.3 Å². The molecule has 3 aliphatic heterocycles. The van der Waals surface area contributed by atoms with Crippen molar-refractivity contribution >= 4 is 29.9 Å². The van der Waals surface area contributed by atoms with Gasteiger partial charge in [-0.1, -0.05) is 6.92 Å². The van der Waals surface area contributed by atoms with Gasteiger partial charge in [-0.15, -0.1) is 24.0 Å². The van der Waals surface area contributed by atoms with Crippen molar-refractivity contribution in [2.45, 2.75) is 38.6 Å². The number of aliphatic imine (C=N–C) groups is 1. The standard InChI is InChI=1S/C19H37N5O.HI/c1-3-22-9-5-17(6-10-22)4-8-21-19(20-2)24-11-7-18(16-24)23-12-14-25-15-13-23;/h17-18H,3-16H2,1-2H3,(H,20,21);1H. The number of hydrogen-bond acceptors (Lipinski definition) is 4. The summed E-state index contributed by atoms with van der Waals surface area (Å²) in [5.74, 6) is 1.98. The largest absolute Gasteiger partial charge is 0.379 e. The molecule has 3 saturated heterocycles. The molecule has 3 heterocycles. The van der Waals surface area contributed by atoms with Crippen molar-refractivity contribution < 1.29 is 4.74 Å². The van der Waals surface area contributed by atoms with E-state index in [0.29, 0.717) is 6.04 Å². The lowest BCUT2D eigenvalue weighted by Crippen LogP contribution is -2.47. The summed E-state index contributed by atoms with van der Waals surface area (Å²) < 4.78 is 5.48. The topological polar surface area (TPSA) is 43.3 Å². The average molecular weight is 479 g/mol. The van der Waals surface area contributed by atoms with Gasteiger partial charge in [0.2, 0.25) is 0 Å². The van der Waals surface area contributed by atoms with E-state index in [9.17, 15) is 0 Å². The maximum Gasteiger partial charge on any atom is 0.193 e. The smallest absolute Gasteiger partial charge is 0.193 e. The van der Waals surface area contributed by atoms with Gasteiger partial charge in [0, 0.05) is 45.8 Å². The van der Waals surface area contributed by atoms with Crippen LogP contribution in [0.2, 0.25) is 0 Å². The minimum atomic E-state index is 0. The molecule has 3 fully saturated rings. The Labute approximate surface area is 176 Å². The molecule has 1 atom stereocenters. The van der Waals surface area contributed by atoms with Gasteiger partial charge in [0.25, 0.3) is 0 Å². The van der Waals surface area contributed by atoms with Crippen LogP contribution in [-0.2, 0) is 4.74 Å². The van der Waals surface area contributed by atoms with Crippen molar-refractivity contribution in [3.05, 3.63) is 0 Å². The third-order valence-corrected chi connectivity index (χ3v) is 6.23. The maximum atomic E-state index is 5.48. The summed E-state index contributed by atoms with van der Waals surface area (Å²) >= 11 is 0. The number of ether oxygens (including phenoxy) is 1. The monoisotopic (exact) mass is 479 g/mol. The van der Waals surface area contributed by atoms with Crippen LogP contribution in [-0.4, -0.2) is 99.3 Å². The first-order chi connectivity index (χ1) is 12.3. The van der Waals surface area contributed by atoms with E-state index < -0.39 is 0 Å². The number of hydrogen-bond donors (Lipinski definition) is 1. The second-order valence-electron chi connectivity index (χ2n) is 7.68. The number of piperidine rings is 1. The molecular formula is C19H38IN5O. The molecule has 0 spiro atoms. The molecule has 26 heavy (non-hydrogen) atoms. The third-order valence-electron chi connectivity index (χ3n) is 6.23. The Morgan fingerprint density at radius 1 is 1.08 bits per heavy atom. The summed E-state index contributed by atoms with van der Waals surface area (Å²) in [6.45, 7) is 13.3. The zero-order chi connectivity index (χ0) is 17.5. The Morgan fingerprint density at radius 2 is 1.81 bits per heavy atom. The minimum Gasteiger partial charge on any atom is -0.379 e. The Bertz CT molecular complexity index is 422. The van der Waals surface area contributed by atoms with E-state index in [2.05, 4.69) is 31.9 Å². The fourth-order valence-corrected chi connectivity index (χ4v) is 4.49. The van der Waals surface area contributed by atoms with Crippen molar-refractivity contribution in [3.8, 4) is 0 Å². The molecular weight excluding hydrogens is 441 g/mol. The number of halogens is 1. The van der Waals surface area contributed by atoms with Gasteiger partial charge in [-0.25, -0.2) is 0 Å². The summed E-state index contributed by atoms with van der Waals surface area (Å²) in [6, 6.07) is 0.667. The molecule has 0 aromatic carbocycles. The average Bonchev–Trinajstić information content (AvgIpc) is 3.16. The molecule has 0 bridgehead atoms. The van der Waals surface area contributed by atoms with Crippen LogP contribution < -0.4 is 5.32 Å². The maximum absolute atomic E-state index is 5.48. The van der Waals surface area contributed by atoms with E-state index in [1.807, 2.05) is 7.05 Å². The molecule has 3 aliphatic rings.